The van der Waals surface area contributed by atoms with Gasteiger partial charge in [-0.1, -0.05) is 35.6 Å². The topological polar surface area (TPSA) is 124 Å². The summed E-state index contributed by atoms with van der Waals surface area (Å²) in [4.78, 5) is 44.7. The highest BCUT2D eigenvalue weighted by molar-refractivity contribution is 7.07. The van der Waals surface area contributed by atoms with Crippen molar-refractivity contribution < 1.29 is 38.0 Å². The monoisotopic (exact) mass is 714 g/mol. The van der Waals surface area contributed by atoms with E-state index in [2.05, 4.69) is 4.99 Å². The molecule has 0 aliphatic carbocycles. The third-order valence-electron chi connectivity index (χ3n) is 7.81. The molecule has 0 saturated carbocycles. The van der Waals surface area contributed by atoms with Crippen LogP contribution in [0.4, 0.5) is 0 Å². The summed E-state index contributed by atoms with van der Waals surface area (Å²) in [6.45, 7) is 12.1. The van der Waals surface area contributed by atoms with Gasteiger partial charge in [0, 0.05) is 0 Å². The summed E-state index contributed by atoms with van der Waals surface area (Å²) in [5.74, 6) is 1.14. The third kappa shape index (κ3) is 8.34. The van der Waals surface area contributed by atoms with Crippen molar-refractivity contribution in [2.75, 3.05) is 26.9 Å². The minimum absolute atomic E-state index is 0.0833. The highest BCUT2D eigenvalue weighted by Crippen LogP contribution is 2.37. The predicted octanol–water partition coefficient (Wildman–Crippen LogP) is 5.75. The quantitative estimate of drug-likeness (QED) is 0.150. The molecule has 0 amide bonds. The van der Waals surface area contributed by atoms with Gasteiger partial charge in [-0.25, -0.2) is 14.6 Å². The van der Waals surface area contributed by atoms with E-state index in [4.69, 9.17) is 28.4 Å². The van der Waals surface area contributed by atoms with E-state index in [0.717, 1.165) is 5.56 Å². The summed E-state index contributed by atoms with van der Waals surface area (Å²) < 4.78 is 36.0. The van der Waals surface area contributed by atoms with Crippen LogP contribution in [0.15, 0.2) is 81.7 Å². The van der Waals surface area contributed by atoms with E-state index in [9.17, 15) is 14.4 Å². The van der Waals surface area contributed by atoms with E-state index in [1.165, 1.54) is 15.9 Å². The molecule has 1 aliphatic heterocycles. The van der Waals surface area contributed by atoms with Crippen LogP contribution in [0.25, 0.3) is 6.08 Å². The zero-order chi connectivity index (χ0) is 36.7. The molecule has 3 aromatic carbocycles. The SMILES string of the molecule is CCOC(=O)C1=C(C)N=c2s/c(=C/c3ccc(OCc4ccc(C(=O)OCC)cc4)c(OCC)c3)c(=O)n2[C@@H]1c1ccc(OC(C)C)c(OC)c1. The number of thiazole rings is 1. The number of carbonyl (C=O) groups is 2. The number of fused-ring (bicyclic) bond motifs is 1. The van der Waals surface area contributed by atoms with E-state index in [0.29, 0.717) is 67.9 Å². The molecule has 0 radical (unpaired) electrons. The lowest BCUT2D eigenvalue weighted by atomic mass is 9.95. The molecular formula is C39H42N2O9S. The Balaban J connectivity index is 1.51. The fraction of sp³-hybridized carbons (Fsp3) is 0.333. The van der Waals surface area contributed by atoms with Crippen LogP contribution in [0.3, 0.4) is 0 Å². The van der Waals surface area contributed by atoms with Crippen molar-refractivity contribution in [3.63, 3.8) is 0 Å². The maximum atomic E-state index is 14.2. The predicted molar refractivity (Wildman–Crippen MR) is 193 cm³/mol. The molecule has 1 aromatic heterocycles. The fourth-order valence-electron chi connectivity index (χ4n) is 5.58. The Kier molecular flexibility index (Phi) is 12.0. The Labute approximate surface area is 300 Å². The second-order valence-electron chi connectivity index (χ2n) is 11.7. The summed E-state index contributed by atoms with van der Waals surface area (Å²) in [5.41, 5.74) is 3.10. The van der Waals surface area contributed by atoms with Gasteiger partial charge >= 0.3 is 11.9 Å². The van der Waals surface area contributed by atoms with Crippen LogP contribution < -0.4 is 33.8 Å². The van der Waals surface area contributed by atoms with Gasteiger partial charge in [0.2, 0.25) is 0 Å². The van der Waals surface area contributed by atoms with Gasteiger partial charge in [0.05, 0.1) is 60.4 Å². The van der Waals surface area contributed by atoms with Gasteiger partial charge in [0.1, 0.15) is 6.61 Å². The normalized spacial score (nSPS) is 14.1. The van der Waals surface area contributed by atoms with Crippen LogP contribution in [0.2, 0.25) is 0 Å². The summed E-state index contributed by atoms with van der Waals surface area (Å²) >= 11 is 1.23. The Bertz CT molecular complexity index is 2110. The third-order valence-corrected chi connectivity index (χ3v) is 8.79. The minimum Gasteiger partial charge on any atom is -0.493 e. The van der Waals surface area contributed by atoms with Crippen molar-refractivity contribution in [1.82, 2.24) is 4.57 Å². The molecule has 0 N–H and O–H groups in total. The number of aromatic nitrogens is 1. The maximum Gasteiger partial charge on any atom is 0.338 e. The van der Waals surface area contributed by atoms with Gasteiger partial charge in [0.15, 0.2) is 27.8 Å². The first kappa shape index (κ1) is 36.9. The molecule has 1 aliphatic rings. The van der Waals surface area contributed by atoms with Crippen LogP contribution in [0.5, 0.6) is 23.0 Å². The lowest BCUT2D eigenvalue weighted by molar-refractivity contribution is -0.139. The highest BCUT2D eigenvalue weighted by atomic mass is 32.1. The van der Waals surface area contributed by atoms with Gasteiger partial charge in [0.25, 0.3) is 5.56 Å². The van der Waals surface area contributed by atoms with E-state index >= 15 is 0 Å². The number of hydrogen-bond donors (Lipinski definition) is 0. The van der Waals surface area contributed by atoms with Gasteiger partial charge in [-0.3, -0.25) is 9.36 Å². The number of esters is 2. The Morgan fingerprint density at radius 3 is 2.24 bits per heavy atom. The van der Waals surface area contributed by atoms with Crippen molar-refractivity contribution in [3.8, 4) is 23.0 Å². The van der Waals surface area contributed by atoms with E-state index in [1.54, 1.807) is 64.3 Å². The van der Waals surface area contributed by atoms with Crippen LogP contribution in [-0.2, 0) is 20.9 Å². The molecule has 2 heterocycles. The number of rotatable bonds is 14. The van der Waals surface area contributed by atoms with Crippen molar-refractivity contribution in [1.29, 1.82) is 0 Å². The number of hydrogen-bond acceptors (Lipinski definition) is 11. The molecule has 268 valence electrons. The summed E-state index contributed by atoms with van der Waals surface area (Å²) in [5, 5.41) is 0. The smallest absolute Gasteiger partial charge is 0.338 e. The summed E-state index contributed by atoms with van der Waals surface area (Å²) in [7, 11) is 1.54. The number of allylic oxidation sites excluding steroid dienone is 1. The highest BCUT2D eigenvalue weighted by Gasteiger charge is 2.34. The Hall–Kier alpha value is -5.36. The summed E-state index contributed by atoms with van der Waals surface area (Å²) in [6, 6.07) is 17.0. The molecular weight excluding hydrogens is 673 g/mol. The molecule has 1 atom stereocenters. The molecule has 5 rings (SSSR count). The van der Waals surface area contributed by atoms with Crippen LogP contribution in [0, 0.1) is 0 Å². The molecule has 11 nitrogen and oxygen atoms in total. The zero-order valence-electron chi connectivity index (χ0n) is 29.8. The molecule has 0 bridgehead atoms. The van der Waals surface area contributed by atoms with Crippen molar-refractivity contribution >= 4 is 29.4 Å². The van der Waals surface area contributed by atoms with E-state index in [-0.39, 0.29) is 36.4 Å². The molecule has 51 heavy (non-hydrogen) atoms. The molecule has 0 spiro atoms. The number of carbonyl (C=O) groups excluding carboxylic acids is 2. The minimum atomic E-state index is -0.814. The largest absolute Gasteiger partial charge is 0.493 e. The molecule has 12 heteroatoms. The lowest BCUT2D eigenvalue weighted by Crippen LogP contribution is -2.40. The van der Waals surface area contributed by atoms with Crippen molar-refractivity contribution in [2.24, 2.45) is 4.99 Å². The van der Waals surface area contributed by atoms with Gasteiger partial charge in [-0.15, -0.1) is 0 Å². The number of benzene rings is 3. The fourth-order valence-corrected chi connectivity index (χ4v) is 6.62. The van der Waals surface area contributed by atoms with E-state index < -0.39 is 12.0 Å². The second kappa shape index (κ2) is 16.6. The average Bonchev–Trinajstić information content (AvgIpc) is 3.41. The second-order valence-corrected chi connectivity index (χ2v) is 12.7. The average molecular weight is 715 g/mol. The first-order chi connectivity index (χ1) is 24.6. The maximum absolute atomic E-state index is 14.2. The Morgan fingerprint density at radius 2 is 1.57 bits per heavy atom. The molecule has 0 saturated heterocycles. The number of ether oxygens (including phenoxy) is 6. The number of methoxy groups -OCH3 is 1. The molecule has 4 aromatic rings. The first-order valence-electron chi connectivity index (χ1n) is 16.8. The molecule has 0 unspecified atom stereocenters. The van der Waals surface area contributed by atoms with Crippen LogP contribution in [0.1, 0.15) is 74.6 Å². The Morgan fingerprint density at radius 1 is 0.863 bits per heavy atom. The summed E-state index contributed by atoms with van der Waals surface area (Å²) in [6.07, 6.45) is 1.69. The lowest BCUT2D eigenvalue weighted by Gasteiger charge is -2.25. The van der Waals surface area contributed by atoms with Gasteiger partial charge in [-0.2, -0.15) is 0 Å². The van der Waals surface area contributed by atoms with Crippen LogP contribution >= 0.6 is 11.3 Å². The van der Waals surface area contributed by atoms with Crippen molar-refractivity contribution in [2.45, 2.75) is 60.3 Å². The van der Waals surface area contributed by atoms with Crippen LogP contribution in [-0.4, -0.2) is 49.5 Å². The first-order valence-corrected chi connectivity index (χ1v) is 17.6. The standard InChI is InChI=1S/C39H42N2O9S/c1-8-46-32-19-26(13-17-29(32)49-22-25-11-14-27(15-12-25)37(43)47-9-2)20-33-36(42)41-35(28-16-18-30(50-23(4)5)31(21-28)45-7)34(38(44)48-10-3)24(6)40-39(41)51-33/h11-21,23,35H,8-10,22H2,1-7H3/b33-20+/t35-/m1/s1. The molecule has 0 fully saturated rings. The van der Waals surface area contributed by atoms with Crippen molar-refractivity contribution in [3.05, 3.63) is 114 Å². The zero-order valence-corrected chi connectivity index (χ0v) is 30.6. The van der Waals surface area contributed by atoms with Gasteiger partial charge in [-0.05, 0) is 101 Å². The number of nitrogens with zero attached hydrogens (tertiary/aromatic N) is 2. The van der Waals surface area contributed by atoms with Gasteiger partial charge < -0.3 is 28.4 Å². The van der Waals surface area contributed by atoms with E-state index in [1.807, 2.05) is 51.1 Å².